The van der Waals surface area contributed by atoms with Crippen LogP contribution in [0.2, 0.25) is 0 Å². The molecule has 1 N–H and O–H groups in total. The van der Waals surface area contributed by atoms with Gasteiger partial charge in [-0.05, 0) is 12.5 Å². The highest BCUT2D eigenvalue weighted by atomic mass is 16.5. The Hall–Kier alpha value is -1.09. The minimum absolute atomic E-state index is 0.247. The fraction of sp³-hybridized carbons (Fsp3) is 0.545. The van der Waals surface area contributed by atoms with Crippen LogP contribution in [-0.2, 0) is 9.53 Å². The van der Waals surface area contributed by atoms with E-state index in [1.54, 1.807) is 19.3 Å². The molecular weight excluding hydrogens is 180 g/mol. The molecule has 0 aromatic carbocycles. The number of methoxy groups -OCH3 is 1. The first-order chi connectivity index (χ1) is 6.68. The molecule has 0 saturated carbocycles. The second-order valence-electron chi connectivity index (χ2n) is 3.48. The number of hydrogen-bond acceptors (Lipinski definition) is 3. The Kier molecular flexibility index (Phi) is 3.47. The second kappa shape index (κ2) is 4.42. The number of aldehydes is 1. The fourth-order valence-corrected chi connectivity index (χ4v) is 1.74. The van der Waals surface area contributed by atoms with Gasteiger partial charge in [0.2, 0.25) is 0 Å². The molecule has 1 aliphatic rings. The van der Waals surface area contributed by atoms with Gasteiger partial charge in [-0.1, -0.05) is 18.6 Å². The summed E-state index contributed by atoms with van der Waals surface area (Å²) in [5, 5.41) is 9.71. The first-order valence-electron chi connectivity index (χ1n) is 4.76. The molecule has 0 aromatic rings. The van der Waals surface area contributed by atoms with Crippen molar-refractivity contribution in [1.82, 2.24) is 0 Å². The fourth-order valence-electron chi connectivity index (χ4n) is 1.74. The third-order valence-electron chi connectivity index (χ3n) is 2.76. The molecule has 3 heteroatoms. The number of aliphatic hydroxyl groups is 1. The molecule has 1 aliphatic carbocycles. The van der Waals surface area contributed by atoms with Crippen molar-refractivity contribution in [3.05, 3.63) is 23.5 Å². The molecule has 0 fully saturated rings. The quantitative estimate of drug-likeness (QED) is 0.701. The summed E-state index contributed by atoms with van der Waals surface area (Å²) in [7, 11) is 1.58. The molecule has 1 rings (SSSR count). The van der Waals surface area contributed by atoms with Crippen molar-refractivity contribution in [2.45, 2.75) is 31.8 Å². The van der Waals surface area contributed by atoms with Gasteiger partial charge in [-0.25, -0.2) is 0 Å². The van der Waals surface area contributed by atoms with Gasteiger partial charge < -0.3 is 14.6 Å². The van der Waals surface area contributed by atoms with E-state index in [1.165, 1.54) is 0 Å². The number of carbonyl (C=O) groups excluding carboxylic acids is 1. The lowest BCUT2D eigenvalue weighted by molar-refractivity contribution is -0.107. The summed E-state index contributed by atoms with van der Waals surface area (Å²) < 4.78 is 5.34. The van der Waals surface area contributed by atoms with Gasteiger partial charge in [-0.3, -0.25) is 0 Å². The molecule has 3 nitrogen and oxygen atoms in total. The highest BCUT2D eigenvalue weighted by Gasteiger charge is 2.35. The molecule has 78 valence electrons. The first kappa shape index (κ1) is 11.0. The number of carbonyl (C=O) groups is 1. The van der Waals surface area contributed by atoms with Crippen LogP contribution in [0.25, 0.3) is 0 Å². The minimum atomic E-state index is -0.618. The molecule has 0 radical (unpaired) electrons. The maximum atomic E-state index is 10.4. The minimum Gasteiger partial charge on any atom is -0.509 e. The third kappa shape index (κ3) is 1.87. The highest BCUT2D eigenvalue weighted by molar-refractivity contribution is 5.55. The van der Waals surface area contributed by atoms with E-state index in [4.69, 9.17) is 4.74 Å². The van der Waals surface area contributed by atoms with Crippen molar-refractivity contribution < 1.29 is 14.6 Å². The van der Waals surface area contributed by atoms with Crippen molar-refractivity contribution in [3.63, 3.8) is 0 Å². The van der Waals surface area contributed by atoms with Crippen molar-refractivity contribution in [1.29, 1.82) is 0 Å². The molecule has 0 aliphatic heterocycles. The zero-order valence-electron chi connectivity index (χ0n) is 8.62. The molecule has 14 heavy (non-hydrogen) atoms. The van der Waals surface area contributed by atoms with Gasteiger partial charge in [0.05, 0.1) is 0 Å². The maximum Gasteiger partial charge on any atom is 0.128 e. The number of aliphatic hydroxyl groups excluding tert-OH is 1. The van der Waals surface area contributed by atoms with Crippen LogP contribution in [-0.4, -0.2) is 24.1 Å². The number of ether oxygens (including phenoxy) is 1. The summed E-state index contributed by atoms with van der Waals surface area (Å²) >= 11 is 0. The highest BCUT2D eigenvalue weighted by Crippen LogP contribution is 2.34. The number of rotatable bonds is 4. The molecule has 0 spiro atoms. The van der Waals surface area contributed by atoms with Crippen molar-refractivity contribution in [2.75, 3.05) is 7.11 Å². The van der Waals surface area contributed by atoms with E-state index in [1.807, 2.05) is 6.92 Å². The second-order valence-corrected chi connectivity index (χ2v) is 3.48. The Morgan fingerprint density at radius 1 is 1.64 bits per heavy atom. The Morgan fingerprint density at radius 3 is 2.86 bits per heavy atom. The monoisotopic (exact) mass is 196 g/mol. The van der Waals surface area contributed by atoms with E-state index < -0.39 is 5.60 Å². The summed E-state index contributed by atoms with van der Waals surface area (Å²) in [6.45, 7) is 1.96. The topological polar surface area (TPSA) is 46.5 Å². The first-order valence-corrected chi connectivity index (χ1v) is 4.76. The predicted molar refractivity (Wildman–Crippen MR) is 54.1 cm³/mol. The van der Waals surface area contributed by atoms with Gasteiger partial charge in [-0.2, -0.15) is 0 Å². The molecule has 1 atom stereocenters. The van der Waals surface area contributed by atoms with E-state index in [-0.39, 0.29) is 5.76 Å². The van der Waals surface area contributed by atoms with Gasteiger partial charge in [0.1, 0.15) is 17.6 Å². The lowest BCUT2D eigenvalue weighted by Crippen LogP contribution is -2.35. The van der Waals surface area contributed by atoms with Gasteiger partial charge in [0, 0.05) is 20.0 Å². The van der Waals surface area contributed by atoms with Crippen molar-refractivity contribution in [3.8, 4) is 0 Å². The van der Waals surface area contributed by atoms with Crippen molar-refractivity contribution >= 4 is 6.29 Å². The normalized spacial score (nSPS) is 26.7. The van der Waals surface area contributed by atoms with Crippen LogP contribution >= 0.6 is 0 Å². The van der Waals surface area contributed by atoms with Crippen LogP contribution in [0.3, 0.4) is 0 Å². The van der Waals surface area contributed by atoms with E-state index >= 15 is 0 Å². The lowest BCUT2D eigenvalue weighted by atomic mass is 9.84. The van der Waals surface area contributed by atoms with Gasteiger partial charge >= 0.3 is 0 Å². The summed E-state index contributed by atoms with van der Waals surface area (Å²) in [5.74, 6) is 0.247. The molecule has 0 bridgehead atoms. The Labute approximate surface area is 84.1 Å². The molecular formula is C11H16O3. The van der Waals surface area contributed by atoms with Crippen LogP contribution in [0.4, 0.5) is 0 Å². The van der Waals surface area contributed by atoms with Crippen LogP contribution in [0.5, 0.6) is 0 Å². The maximum absolute atomic E-state index is 10.4. The SMILES string of the molecule is CCC1(OC)CC(CC=O)=CC=C1O. The van der Waals surface area contributed by atoms with Gasteiger partial charge in [0.25, 0.3) is 0 Å². The summed E-state index contributed by atoms with van der Waals surface area (Å²) in [6.07, 6.45) is 5.99. The lowest BCUT2D eigenvalue weighted by Gasteiger charge is -2.33. The molecule has 0 saturated heterocycles. The molecule has 0 heterocycles. The van der Waals surface area contributed by atoms with Crippen LogP contribution < -0.4 is 0 Å². The van der Waals surface area contributed by atoms with E-state index in [0.717, 1.165) is 11.9 Å². The largest absolute Gasteiger partial charge is 0.509 e. The van der Waals surface area contributed by atoms with Crippen LogP contribution in [0, 0.1) is 0 Å². The Balaban J connectivity index is 2.89. The van der Waals surface area contributed by atoms with Crippen LogP contribution in [0.1, 0.15) is 26.2 Å². The third-order valence-corrected chi connectivity index (χ3v) is 2.76. The van der Waals surface area contributed by atoms with E-state index in [9.17, 15) is 9.90 Å². The average Bonchev–Trinajstić information content (AvgIpc) is 2.22. The Bertz CT molecular complexity index is 272. The summed E-state index contributed by atoms with van der Waals surface area (Å²) in [6, 6.07) is 0. The number of hydrogen-bond donors (Lipinski definition) is 1. The Morgan fingerprint density at radius 2 is 2.36 bits per heavy atom. The number of allylic oxidation sites excluding steroid dienone is 2. The van der Waals surface area contributed by atoms with Crippen LogP contribution in [0.15, 0.2) is 23.5 Å². The smallest absolute Gasteiger partial charge is 0.128 e. The molecule has 0 aromatic heterocycles. The predicted octanol–water partition coefficient (Wildman–Crippen LogP) is 2.14. The standard InChI is InChI=1S/C11H16O3/c1-3-11(14-2)8-9(6-7-12)4-5-10(11)13/h4-5,7,13H,3,6,8H2,1-2H3. The van der Waals surface area contributed by atoms with Gasteiger partial charge in [-0.15, -0.1) is 0 Å². The zero-order chi connectivity index (χ0) is 10.6. The van der Waals surface area contributed by atoms with Crippen molar-refractivity contribution in [2.24, 2.45) is 0 Å². The van der Waals surface area contributed by atoms with E-state index in [0.29, 0.717) is 19.3 Å². The molecule has 0 amide bonds. The summed E-state index contributed by atoms with van der Waals surface area (Å²) in [4.78, 5) is 10.4. The zero-order valence-corrected chi connectivity index (χ0v) is 8.62. The summed E-state index contributed by atoms with van der Waals surface area (Å²) in [5.41, 5.74) is 0.383. The van der Waals surface area contributed by atoms with Gasteiger partial charge in [0.15, 0.2) is 0 Å². The van der Waals surface area contributed by atoms with E-state index in [2.05, 4.69) is 0 Å². The molecule has 1 unspecified atom stereocenters. The average molecular weight is 196 g/mol.